The lowest BCUT2D eigenvalue weighted by Crippen LogP contribution is -2.33. The van der Waals surface area contributed by atoms with Gasteiger partial charge < -0.3 is 9.64 Å². The Balaban J connectivity index is 2.85. The monoisotopic (exact) mass is 169 g/mol. The van der Waals surface area contributed by atoms with Crippen molar-refractivity contribution >= 4 is 5.91 Å². The molecule has 1 heterocycles. The first-order valence-electron chi connectivity index (χ1n) is 4.09. The van der Waals surface area contributed by atoms with Crippen molar-refractivity contribution in [3.8, 4) is 0 Å². The summed E-state index contributed by atoms with van der Waals surface area (Å²) < 4.78 is 5.20. The van der Waals surface area contributed by atoms with Crippen molar-refractivity contribution in [2.75, 3.05) is 14.2 Å². The molecule has 0 radical (unpaired) electrons. The van der Waals surface area contributed by atoms with Gasteiger partial charge in [-0.3, -0.25) is 4.79 Å². The number of likely N-dealkylation sites (N-methyl/N-ethyl adjacent to an activating group) is 1. The molecule has 1 aliphatic heterocycles. The van der Waals surface area contributed by atoms with E-state index in [1.807, 2.05) is 0 Å². The number of hydrogen-bond acceptors (Lipinski definition) is 2. The SMILES string of the molecule is COC1C(C(C)C)=CC(=O)N1C. The second-order valence-electron chi connectivity index (χ2n) is 3.34. The van der Waals surface area contributed by atoms with E-state index in [1.165, 1.54) is 0 Å². The van der Waals surface area contributed by atoms with Crippen LogP contribution in [0, 0.1) is 5.92 Å². The molecule has 0 bridgehead atoms. The summed E-state index contributed by atoms with van der Waals surface area (Å²) in [6.07, 6.45) is 1.51. The van der Waals surface area contributed by atoms with Gasteiger partial charge in [0.15, 0.2) is 6.23 Å². The van der Waals surface area contributed by atoms with Crippen molar-refractivity contribution in [1.29, 1.82) is 0 Å². The highest BCUT2D eigenvalue weighted by Crippen LogP contribution is 2.24. The summed E-state index contributed by atoms with van der Waals surface area (Å²) in [4.78, 5) is 12.8. The van der Waals surface area contributed by atoms with E-state index < -0.39 is 0 Å². The van der Waals surface area contributed by atoms with Gasteiger partial charge >= 0.3 is 0 Å². The summed E-state index contributed by atoms with van der Waals surface area (Å²) in [5.74, 6) is 0.398. The van der Waals surface area contributed by atoms with Gasteiger partial charge in [0.25, 0.3) is 0 Å². The Morgan fingerprint density at radius 3 is 2.50 bits per heavy atom. The number of carbonyl (C=O) groups is 1. The molecule has 0 saturated heterocycles. The van der Waals surface area contributed by atoms with E-state index in [0.29, 0.717) is 5.92 Å². The summed E-state index contributed by atoms with van der Waals surface area (Å²) in [7, 11) is 3.37. The zero-order chi connectivity index (χ0) is 9.30. The predicted molar refractivity (Wildman–Crippen MR) is 46.5 cm³/mol. The molecule has 1 rings (SSSR count). The molecule has 68 valence electrons. The molecule has 0 aromatic heterocycles. The molecule has 0 fully saturated rings. The summed E-state index contributed by atoms with van der Waals surface area (Å²) in [5, 5.41) is 0. The maximum Gasteiger partial charge on any atom is 0.248 e. The zero-order valence-corrected chi connectivity index (χ0v) is 8.00. The van der Waals surface area contributed by atoms with Gasteiger partial charge in [0.1, 0.15) is 0 Å². The molecule has 0 aliphatic carbocycles. The summed E-state index contributed by atoms with van der Waals surface area (Å²) in [6, 6.07) is 0. The topological polar surface area (TPSA) is 29.5 Å². The van der Waals surface area contributed by atoms with E-state index in [0.717, 1.165) is 5.57 Å². The number of ether oxygens (including phenoxy) is 1. The fourth-order valence-corrected chi connectivity index (χ4v) is 1.40. The van der Waals surface area contributed by atoms with Gasteiger partial charge in [-0.15, -0.1) is 0 Å². The fraction of sp³-hybridized carbons (Fsp3) is 0.667. The minimum Gasteiger partial charge on any atom is -0.358 e. The molecule has 1 aliphatic rings. The van der Waals surface area contributed by atoms with Crippen molar-refractivity contribution in [3.05, 3.63) is 11.6 Å². The van der Waals surface area contributed by atoms with E-state index in [2.05, 4.69) is 13.8 Å². The molecule has 3 nitrogen and oxygen atoms in total. The van der Waals surface area contributed by atoms with Crippen LogP contribution in [0.3, 0.4) is 0 Å². The minimum absolute atomic E-state index is 0.0329. The third kappa shape index (κ3) is 1.37. The van der Waals surface area contributed by atoms with E-state index in [4.69, 9.17) is 4.74 Å². The second kappa shape index (κ2) is 3.27. The normalized spacial score (nSPS) is 23.8. The van der Waals surface area contributed by atoms with Crippen LogP contribution < -0.4 is 0 Å². The molecular weight excluding hydrogens is 154 g/mol. The Bertz CT molecular complexity index is 221. The molecule has 0 spiro atoms. The predicted octanol–water partition coefficient (Wildman–Crippen LogP) is 1.01. The number of rotatable bonds is 2. The van der Waals surface area contributed by atoms with Gasteiger partial charge in [-0.2, -0.15) is 0 Å². The summed E-state index contributed by atoms with van der Waals surface area (Å²) >= 11 is 0. The first-order chi connectivity index (χ1) is 5.57. The third-order valence-electron chi connectivity index (χ3n) is 2.16. The average molecular weight is 169 g/mol. The van der Waals surface area contributed by atoms with Crippen LogP contribution in [0.25, 0.3) is 0 Å². The van der Waals surface area contributed by atoms with Crippen LogP contribution in [0.15, 0.2) is 11.6 Å². The number of methoxy groups -OCH3 is 1. The third-order valence-corrected chi connectivity index (χ3v) is 2.16. The maximum atomic E-state index is 11.2. The quantitative estimate of drug-likeness (QED) is 0.617. The highest BCUT2D eigenvalue weighted by atomic mass is 16.5. The highest BCUT2D eigenvalue weighted by Gasteiger charge is 2.30. The number of nitrogens with zero attached hydrogens (tertiary/aromatic N) is 1. The zero-order valence-electron chi connectivity index (χ0n) is 8.00. The van der Waals surface area contributed by atoms with Crippen LogP contribution in [0.1, 0.15) is 13.8 Å². The Hall–Kier alpha value is -0.830. The molecule has 0 aromatic rings. The molecule has 12 heavy (non-hydrogen) atoms. The maximum absolute atomic E-state index is 11.2. The molecule has 1 unspecified atom stereocenters. The summed E-state index contributed by atoms with van der Waals surface area (Å²) in [6.45, 7) is 4.12. The van der Waals surface area contributed by atoms with Crippen LogP contribution in [-0.2, 0) is 9.53 Å². The van der Waals surface area contributed by atoms with Crippen LogP contribution in [0.4, 0.5) is 0 Å². The first-order valence-corrected chi connectivity index (χ1v) is 4.09. The lowest BCUT2D eigenvalue weighted by molar-refractivity contribution is -0.130. The Labute approximate surface area is 73.0 Å². The van der Waals surface area contributed by atoms with Crippen LogP contribution >= 0.6 is 0 Å². The van der Waals surface area contributed by atoms with Gasteiger partial charge in [0, 0.05) is 20.2 Å². The molecule has 1 amide bonds. The Morgan fingerprint density at radius 1 is 1.58 bits per heavy atom. The van der Waals surface area contributed by atoms with Crippen molar-refractivity contribution in [2.24, 2.45) is 5.92 Å². The lowest BCUT2D eigenvalue weighted by Gasteiger charge is -2.23. The van der Waals surface area contributed by atoms with Gasteiger partial charge in [-0.25, -0.2) is 0 Å². The average Bonchev–Trinajstić information content (AvgIpc) is 2.29. The summed E-state index contributed by atoms with van der Waals surface area (Å²) in [5.41, 5.74) is 1.06. The number of hydrogen-bond donors (Lipinski definition) is 0. The molecule has 3 heteroatoms. The Morgan fingerprint density at radius 2 is 2.17 bits per heavy atom. The number of carbonyl (C=O) groups excluding carboxylic acids is 1. The van der Waals surface area contributed by atoms with Crippen LogP contribution in [0.5, 0.6) is 0 Å². The van der Waals surface area contributed by atoms with E-state index in [1.54, 1.807) is 25.1 Å². The van der Waals surface area contributed by atoms with Crippen molar-refractivity contribution in [3.63, 3.8) is 0 Å². The van der Waals surface area contributed by atoms with Crippen LogP contribution in [-0.4, -0.2) is 31.2 Å². The van der Waals surface area contributed by atoms with E-state index in [-0.39, 0.29) is 12.1 Å². The molecule has 1 atom stereocenters. The first kappa shape index (κ1) is 9.26. The van der Waals surface area contributed by atoms with E-state index >= 15 is 0 Å². The van der Waals surface area contributed by atoms with Gasteiger partial charge in [0.05, 0.1) is 0 Å². The van der Waals surface area contributed by atoms with Gasteiger partial charge in [-0.05, 0) is 11.5 Å². The molecule has 0 N–H and O–H groups in total. The fourth-order valence-electron chi connectivity index (χ4n) is 1.40. The van der Waals surface area contributed by atoms with E-state index in [9.17, 15) is 4.79 Å². The van der Waals surface area contributed by atoms with Crippen molar-refractivity contribution in [1.82, 2.24) is 4.90 Å². The highest BCUT2D eigenvalue weighted by molar-refractivity contribution is 5.91. The minimum atomic E-state index is -0.155. The van der Waals surface area contributed by atoms with Crippen LogP contribution in [0.2, 0.25) is 0 Å². The second-order valence-corrected chi connectivity index (χ2v) is 3.34. The van der Waals surface area contributed by atoms with Gasteiger partial charge in [-0.1, -0.05) is 13.8 Å². The smallest absolute Gasteiger partial charge is 0.248 e. The standard InChI is InChI=1S/C9H15NO2/c1-6(2)7-5-8(11)10(3)9(7)12-4/h5-6,9H,1-4H3. The largest absolute Gasteiger partial charge is 0.358 e. The molecule has 0 saturated carbocycles. The molecular formula is C9H15NO2. The molecule has 0 aromatic carbocycles. The van der Waals surface area contributed by atoms with Gasteiger partial charge in [0.2, 0.25) is 5.91 Å². The van der Waals surface area contributed by atoms with Crippen molar-refractivity contribution < 1.29 is 9.53 Å². The lowest BCUT2D eigenvalue weighted by atomic mass is 10.0. The van der Waals surface area contributed by atoms with Crippen molar-refractivity contribution in [2.45, 2.75) is 20.1 Å². The number of amides is 1. The Kier molecular flexibility index (Phi) is 2.52.